The van der Waals surface area contributed by atoms with Crippen molar-refractivity contribution >= 4 is 17.0 Å². The van der Waals surface area contributed by atoms with Gasteiger partial charge in [-0.05, 0) is 68.9 Å². The van der Waals surface area contributed by atoms with E-state index in [0.717, 1.165) is 48.6 Å². The van der Waals surface area contributed by atoms with Crippen molar-refractivity contribution in [2.24, 2.45) is 11.8 Å². The van der Waals surface area contributed by atoms with E-state index >= 15 is 0 Å². The number of aromatic nitrogens is 2. The van der Waals surface area contributed by atoms with Gasteiger partial charge in [-0.25, -0.2) is 4.98 Å². The van der Waals surface area contributed by atoms with Gasteiger partial charge in [-0.2, -0.15) is 0 Å². The summed E-state index contributed by atoms with van der Waals surface area (Å²) in [6.45, 7) is 2.53. The molecule has 3 saturated heterocycles. The van der Waals surface area contributed by atoms with Crippen LogP contribution < -0.4 is 0 Å². The van der Waals surface area contributed by atoms with Crippen molar-refractivity contribution in [2.75, 3.05) is 19.6 Å². The summed E-state index contributed by atoms with van der Waals surface area (Å²) in [5.41, 5.74) is 2.44. The molecule has 7 rings (SSSR count). The molecule has 3 aliphatic heterocycles. The fraction of sp³-hybridized carbons (Fsp3) is 0.742. The molecule has 200 valence electrons. The third kappa shape index (κ3) is 4.63. The zero-order valence-electron chi connectivity index (χ0n) is 22.3. The molecule has 4 bridgehead atoms. The predicted octanol–water partition coefficient (Wildman–Crippen LogP) is 5.83. The van der Waals surface area contributed by atoms with Crippen molar-refractivity contribution < 1.29 is 9.90 Å². The van der Waals surface area contributed by atoms with Crippen molar-refractivity contribution in [2.45, 2.75) is 114 Å². The van der Waals surface area contributed by atoms with Gasteiger partial charge in [0, 0.05) is 49.7 Å². The van der Waals surface area contributed by atoms with E-state index in [2.05, 4.69) is 38.6 Å². The Morgan fingerprint density at radius 1 is 0.838 bits per heavy atom. The first-order chi connectivity index (χ1) is 18.1. The second kappa shape index (κ2) is 10.00. The summed E-state index contributed by atoms with van der Waals surface area (Å²) in [5.74, 6) is 2.94. The van der Waals surface area contributed by atoms with Crippen molar-refractivity contribution in [3.05, 3.63) is 30.1 Å². The average Bonchev–Trinajstić information content (AvgIpc) is 3.14. The van der Waals surface area contributed by atoms with E-state index in [0.29, 0.717) is 18.5 Å². The monoisotopic (exact) mass is 504 g/mol. The minimum atomic E-state index is -0.703. The highest BCUT2D eigenvalue weighted by Crippen LogP contribution is 2.48. The molecule has 1 N–H and O–H groups in total. The Kier molecular flexibility index (Phi) is 6.52. The fourth-order valence-electron chi connectivity index (χ4n) is 9.21. The van der Waals surface area contributed by atoms with Crippen LogP contribution in [-0.2, 0) is 4.79 Å². The second-order valence-corrected chi connectivity index (χ2v) is 13.1. The summed E-state index contributed by atoms with van der Waals surface area (Å²) < 4.78 is 2.65. The maximum atomic E-state index is 11.0. The molecular weight excluding hydrogens is 460 g/mol. The molecule has 0 amide bonds. The van der Waals surface area contributed by atoms with Gasteiger partial charge >= 0.3 is 5.97 Å². The number of carboxylic acids is 1. The second-order valence-electron chi connectivity index (χ2n) is 13.1. The number of nitrogens with zero attached hydrogens (tertiary/aromatic N) is 4. The number of carbonyl (C=O) groups is 1. The molecule has 37 heavy (non-hydrogen) atoms. The molecule has 1 aromatic carbocycles. The number of aliphatic carboxylic acids is 1. The molecule has 5 fully saturated rings. The molecule has 2 saturated carbocycles. The Morgan fingerprint density at radius 3 is 2.24 bits per heavy atom. The Labute approximate surface area is 221 Å². The third-order valence-electron chi connectivity index (χ3n) is 10.7. The zero-order valence-corrected chi connectivity index (χ0v) is 22.3. The minimum Gasteiger partial charge on any atom is -0.481 e. The van der Waals surface area contributed by atoms with E-state index in [4.69, 9.17) is 10.1 Å². The number of fused-ring (bicyclic) bond motifs is 5. The number of benzene rings is 1. The quantitative estimate of drug-likeness (QED) is 0.537. The van der Waals surface area contributed by atoms with Gasteiger partial charge in [-0.1, -0.05) is 44.2 Å². The molecule has 0 radical (unpaired) electrons. The van der Waals surface area contributed by atoms with E-state index in [1.165, 1.54) is 88.4 Å². The predicted molar refractivity (Wildman–Crippen MR) is 146 cm³/mol. The molecule has 5 aliphatic rings. The van der Waals surface area contributed by atoms with Crippen molar-refractivity contribution in [1.29, 1.82) is 0 Å². The molecule has 6 heteroatoms. The average molecular weight is 505 g/mol. The lowest BCUT2D eigenvalue weighted by atomic mass is 9.73. The van der Waals surface area contributed by atoms with Crippen LogP contribution in [-0.4, -0.2) is 68.2 Å². The van der Waals surface area contributed by atoms with Gasteiger partial charge in [0.05, 0.1) is 17.5 Å². The molecule has 0 unspecified atom stereocenters. The SMILES string of the molecule is O=C(O)CCN1CC(c2nc3ccccc3n2[C@@H]2C[C@H]3CCC[C@@H](C2)N3[C@@H]2C[C@@H]3CCCC[C@@H](C3)C2)C1. The van der Waals surface area contributed by atoms with Crippen LogP contribution in [0, 0.1) is 11.8 Å². The van der Waals surface area contributed by atoms with Crippen molar-refractivity contribution in [3.63, 3.8) is 0 Å². The van der Waals surface area contributed by atoms with Gasteiger partial charge in [0.25, 0.3) is 0 Å². The standard InChI is InChI=1S/C31H44N4O2/c36-30(37)12-13-33-19-23(20-33)31-32-28-10-3-4-11-29(28)35(31)27-17-24-8-5-9-25(18-27)34(24)26-15-21-6-1-2-7-22(14-21)16-26/h3-4,10-11,21-27H,1-2,5-9,12-20H2,(H,36,37)/t21-,22+,24-,25+,26-,27-. The summed E-state index contributed by atoms with van der Waals surface area (Å²) in [4.78, 5) is 21.6. The lowest BCUT2D eigenvalue weighted by molar-refractivity contribution is -0.137. The normalized spacial score (nSPS) is 35.2. The van der Waals surface area contributed by atoms with Gasteiger partial charge in [0.1, 0.15) is 5.82 Å². The van der Waals surface area contributed by atoms with Crippen LogP contribution in [0.25, 0.3) is 11.0 Å². The minimum absolute atomic E-state index is 0.230. The highest BCUT2D eigenvalue weighted by molar-refractivity contribution is 5.76. The number of hydrogen-bond acceptors (Lipinski definition) is 4. The van der Waals surface area contributed by atoms with Crippen LogP contribution in [0.2, 0.25) is 0 Å². The van der Waals surface area contributed by atoms with Crippen LogP contribution >= 0.6 is 0 Å². The molecule has 0 spiro atoms. The van der Waals surface area contributed by atoms with E-state index in [-0.39, 0.29) is 6.42 Å². The summed E-state index contributed by atoms with van der Waals surface area (Å²) in [5, 5.41) is 9.08. The summed E-state index contributed by atoms with van der Waals surface area (Å²) >= 11 is 0. The lowest BCUT2D eigenvalue weighted by Crippen LogP contribution is -2.58. The van der Waals surface area contributed by atoms with Crippen molar-refractivity contribution in [1.82, 2.24) is 19.4 Å². The summed E-state index contributed by atoms with van der Waals surface area (Å²) in [6.07, 6.45) is 17.2. The number of piperidine rings is 2. The number of carboxylic acid groups (broad SMARTS) is 1. The fourth-order valence-corrected chi connectivity index (χ4v) is 9.21. The first-order valence-corrected chi connectivity index (χ1v) is 15.3. The van der Waals surface area contributed by atoms with Crippen LogP contribution in [0.3, 0.4) is 0 Å². The van der Waals surface area contributed by atoms with Crippen molar-refractivity contribution in [3.8, 4) is 0 Å². The first kappa shape index (κ1) is 24.1. The summed E-state index contributed by atoms with van der Waals surface area (Å²) in [6, 6.07) is 11.6. The number of para-hydroxylation sites is 2. The van der Waals surface area contributed by atoms with E-state index in [1.807, 2.05) is 0 Å². The Hall–Kier alpha value is -1.92. The van der Waals surface area contributed by atoms with Gasteiger partial charge in [0.2, 0.25) is 0 Å². The Balaban J connectivity index is 1.13. The van der Waals surface area contributed by atoms with Gasteiger partial charge in [0.15, 0.2) is 0 Å². The largest absolute Gasteiger partial charge is 0.481 e. The van der Waals surface area contributed by atoms with E-state index in [9.17, 15) is 4.79 Å². The smallest absolute Gasteiger partial charge is 0.304 e. The summed E-state index contributed by atoms with van der Waals surface area (Å²) in [7, 11) is 0. The van der Waals surface area contributed by atoms with Gasteiger partial charge in [-0.15, -0.1) is 0 Å². The molecule has 2 aromatic rings. The van der Waals surface area contributed by atoms with Crippen LogP contribution in [0.4, 0.5) is 0 Å². The zero-order chi connectivity index (χ0) is 24.9. The molecule has 4 heterocycles. The number of hydrogen-bond donors (Lipinski definition) is 1. The molecular formula is C31H44N4O2. The maximum absolute atomic E-state index is 11.0. The van der Waals surface area contributed by atoms with Gasteiger partial charge < -0.3 is 14.6 Å². The Morgan fingerprint density at radius 2 is 1.54 bits per heavy atom. The molecule has 1 aromatic heterocycles. The maximum Gasteiger partial charge on any atom is 0.304 e. The molecule has 2 aliphatic carbocycles. The molecule has 6 nitrogen and oxygen atoms in total. The van der Waals surface area contributed by atoms with E-state index in [1.54, 1.807) is 0 Å². The Bertz CT molecular complexity index is 1100. The highest BCUT2D eigenvalue weighted by atomic mass is 16.4. The highest BCUT2D eigenvalue weighted by Gasteiger charge is 2.46. The first-order valence-electron chi connectivity index (χ1n) is 15.3. The van der Waals surface area contributed by atoms with Crippen LogP contribution in [0.5, 0.6) is 0 Å². The van der Waals surface area contributed by atoms with Crippen LogP contribution in [0.1, 0.15) is 101 Å². The number of likely N-dealkylation sites (tertiary alicyclic amines) is 1. The van der Waals surface area contributed by atoms with Gasteiger partial charge in [-0.3, -0.25) is 9.69 Å². The topological polar surface area (TPSA) is 61.6 Å². The number of rotatable bonds is 6. The lowest BCUT2D eigenvalue weighted by Gasteiger charge is -2.55. The third-order valence-corrected chi connectivity index (χ3v) is 10.7. The molecule has 6 atom stereocenters. The van der Waals surface area contributed by atoms with Crippen LogP contribution in [0.15, 0.2) is 24.3 Å². The number of imidazole rings is 1. The van der Waals surface area contributed by atoms with E-state index < -0.39 is 5.97 Å².